The van der Waals surface area contributed by atoms with Crippen molar-refractivity contribution < 1.29 is 0 Å². The number of benzene rings is 1. The van der Waals surface area contributed by atoms with Gasteiger partial charge < -0.3 is 65.1 Å². The van der Waals surface area contributed by atoms with Gasteiger partial charge in [-0.3, -0.25) is 0 Å². The van der Waals surface area contributed by atoms with Crippen LogP contribution in [0.25, 0.3) is 0 Å². The molecule has 0 radical (unpaired) electrons. The predicted molar refractivity (Wildman–Crippen MR) is 221 cm³/mol. The summed E-state index contributed by atoms with van der Waals surface area (Å²) in [4.78, 5) is 0. The number of nitrogens with two attached hydrogens (primary N) is 3. The molecule has 0 aliphatic heterocycles. The Balaban J connectivity index is 2.30. The van der Waals surface area contributed by atoms with Gasteiger partial charge in [-0.05, 0) is 212 Å². The molecule has 12 heteroatoms. The van der Waals surface area contributed by atoms with Crippen molar-refractivity contribution in [1.29, 1.82) is 0 Å². The zero-order valence-corrected chi connectivity index (χ0v) is 32.8. The van der Waals surface area contributed by atoms with E-state index in [4.69, 9.17) is 17.2 Å². The maximum Gasteiger partial charge on any atom is 0.0205 e. The summed E-state index contributed by atoms with van der Waals surface area (Å²) in [6.45, 7) is 21.0. The average Bonchev–Trinajstić information content (AvgIpc) is 3.14. The van der Waals surface area contributed by atoms with Crippen molar-refractivity contribution in [3.63, 3.8) is 0 Å². The summed E-state index contributed by atoms with van der Waals surface area (Å²) in [5.74, 6) is 0. The Morgan fingerprint density at radius 2 is 0.451 bits per heavy atom. The summed E-state index contributed by atoms with van der Waals surface area (Å²) in [6, 6.07) is 7.13. The van der Waals surface area contributed by atoms with E-state index in [0.717, 1.165) is 176 Å². The van der Waals surface area contributed by atoms with E-state index < -0.39 is 0 Å². The summed E-state index contributed by atoms with van der Waals surface area (Å²) in [5, 5.41) is 32.2. The minimum atomic E-state index is 0.770. The molecule has 15 N–H and O–H groups in total. The molecular weight excluding hydrogens is 637 g/mol. The first-order valence-electron chi connectivity index (χ1n) is 20.9. The van der Waals surface area contributed by atoms with E-state index in [9.17, 15) is 0 Å². The highest BCUT2D eigenvalue weighted by Gasteiger charge is 2.03. The summed E-state index contributed by atoms with van der Waals surface area (Å²) in [6.07, 6.45) is 13.9. The normalized spacial score (nSPS) is 11.6. The molecule has 0 saturated heterocycles. The Bertz CT molecular complexity index is 714. The molecular formula is C39H84N12. The van der Waals surface area contributed by atoms with Crippen LogP contribution in [0.5, 0.6) is 0 Å². The fourth-order valence-electron chi connectivity index (χ4n) is 5.79. The molecule has 1 aromatic rings. The van der Waals surface area contributed by atoms with Gasteiger partial charge in [0.05, 0.1) is 0 Å². The second kappa shape index (κ2) is 39.9. The van der Waals surface area contributed by atoms with Crippen LogP contribution in [0.3, 0.4) is 0 Å². The van der Waals surface area contributed by atoms with E-state index in [1.807, 2.05) is 0 Å². The summed E-state index contributed by atoms with van der Waals surface area (Å²) < 4.78 is 0. The first-order chi connectivity index (χ1) is 25.3. The maximum absolute atomic E-state index is 5.54. The molecule has 0 aromatic heterocycles. The Morgan fingerprint density at radius 3 is 0.686 bits per heavy atom. The number of rotatable bonds is 42. The lowest BCUT2D eigenvalue weighted by atomic mass is 10.0. The lowest BCUT2D eigenvalue weighted by molar-refractivity contribution is 0.553. The Kier molecular flexibility index (Phi) is 37.4. The van der Waals surface area contributed by atoms with Gasteiger partial charge >= 0.3 is 0 Å². The Labute approximate surface area is 313 Å². The van der Waals surface area contributed by atoms with Crippen molar-refractivity contribution in [2.45, 2.75) is 96.7 Å². The van der Waals surface area contributed by atoms with Gasteiger partial charge in [0.25, 0.3) is 0 Å². The van der Waals surface area contributed by atoms with Crippen LogP contribution in [0.2, 0.25) is 0 Å². The highest BCUT2D eigenvalue weighted by Crippen LogP contribution is 2.11. The van der Waals surface area contributed by atoms with Crippen LogP contribution >= 0.6 is 0 Å². The van der Waals surface area contributed by atoms with Crippen molar-refractivity contribution in [3.8, 4) is 0 Å². The van der Waals surface area contributed by atoms with Gasteiger partial charge in [0.1, 0.15) is 0 Å². The van der Waals surface area contributed by atoms with E-state index in [-0.39, 0.29) is 0 Å². The summed E-state index contributed by atoms with van der Waals surface area (Å²) >= 11 is 0. The standard InChI is InChI=1S/C39H84N12/c40-13-7-22-43-16-1-4-19-46-25-10-28-49-34-37-31-38(35-50-29-11-26-47-20-5-2-17-44-23-8-14-41)33-39(32-37)36-51-30-12-27-48-21-6-3-18-45-24-9-15-42/h31-33,43-51H,1-30,34-36,40-42H2. The molecule has 0 atom stereocenters. The van der Waals surface area contributed by atoms with Gasteiger partial charge in [-0.2, -0.15) is 0 Å². The third-order valence-electron chi connectivity index (χ3n) is 8.77. The molecule has 0 heterocycles. The zero-order chi connectivity index (χ0) is 36.6. The van der Waals surface area contributed by atoms with Crippen molar-refractivity contribution in [1.82, 2.24) is 47.9 Å². The number of hydrogen-bond acceptors (Lipinski definition) is 12. The zero-order valence-electron chi connectivity index (χ0n) is 32.8. The van der Waals surface area contributed by atoms with E-state index in [1.54, 1.807) is 0 Å². The first kappa shape index (κ1) is 47.8. The van der Waals surface area contributed by atoms with Crippen molar-refractivity contribution in [3.05, 3.63) is 34.9 Å². The number of hydrogen-bond donors (Lipinski definition) is 12. The van der Waals surface area contributed by atoms with Crippen LogP contribution in [-0.2, 0) is 19.6 Å². The molecule has 0 fully saturated rings. The second-order valence-electron chi connectivity index (χ2n) is 13.8. The van der Waals surface area contributed by atoms with Crippen LogP contribution in [0, 0.1) is 0 Å². The molecule has 0 unspecified atom stereocenters. The minimum absolute atomic E-state index is 0.770. The second-order valence-corrected chi connectivity index (χ2v) is 13.8. The average molecular weight is 721 g/mol. The highest BCUT2D eigenvalue weighted by atomic mass is 14.9. The van der Waals surface area contributed by atoms with E-state index >= 15 is 0 Å². The highest BCUT2D eigenvalue weighted by molar-refractivity contribution is 5.30. The van der Waals surface area contributed by atoms with Crippen LogP contribution in [-0.4, -0.2) is 118 Å². The van der Waals surface area contributed by atoms with Crippen LogP contribution in [0.15, 0.2) is 18.2 Å². The van der Waals surface area contributed by atoms with Crippen molar-refractivity contribution in [2.75, 3.05) is 118 Å². The van der Waals surface area contributed by atoms with Crippen LogP contribution in [0.4, 0.5) is 0 Å². The van der Waals surface area contributed by atoms with E-state index in [0.29, 0.717) is 0 Å². The Hall–Kier alpha value is -1.26. The largest absolute Gasteiger partial charge is 0.330 e. The molecule has 0 bridgehead atoms. The lowest BCUT2D eigenvalue weighted by Crippen LogP contribution is -2.25. The molecule has 1 rings (SSSR count). The predicted octanol–water partition coefficient (Wildman–Crippen LogP) is 1.05. The fraction of sp³-hybridized carbons (Fsp3) is 0.846. The lowest BCUT2D eigenvalue weighted by Gasteiger charge is -2.13. The molecule has 0 saturated carbocycles. The van der Waals surface area contributed by atoms with Crippen molar-refractivity contribution in [2.24, 2.45) is 17.2 Å². The van der Waals surface area contributed by atoms with E-state index in [2.05, 4.69) is 66.1 Å². The Morgan fingerprint density at radius 1 is 0.255 bits per heavy atom. The van der Waals surface area contributed by atoms with Gasteiger partial charge in [-0.25, -0.2) is 0 Å². The maximum atomic E-state index is 5.54. The van der Waals surface area contributed by atoms with Crippen LogP contribution < -0.4 is 65.1 Å². The molecule has 0 spiro atoms. The minimum Gasteiger partial charge on any atom is -0.330 e. The third kappa shape index (κ3) is 34.3. The van der Waals surface area contributed by atoms with Gasteiger partial charge in [0.2, 0.25) is 0 Å². The molecule has 0 amide bonds. The number of nitrogens with one attached hydrogen (secondary N) is 9. The van der Waals surface area contributed by atoms with Gasteiger partial charge in [-0.15, -0.1) is 0 Å². The van der Waals surface area contributed by atoms with Crippen LogP contribution in [0.1, 0.15) is 93.7 Å². The summed E-state index contributed by atoms with van der Waals surface area (Å²) in [7, 11) is 0. The smallest absolute Gasteiger partial charge is 0.0205 e. The molecule has 300 valence electrons. The first-order valence-corrected chi connectivity index (χ1v) is 20.9. The molecule has 0 aliphatic rings. The van der Waals surface area contributed by atoms with Gasteiger partial charge in [0, 0.05) is 19.6 Å². The molecule has 51 heavy (non-hydrogen) atoms. The van der Waals surface area contributed by atoms with Crippen molar-refractivity contribution >= 4 is 0 Å². The summed E-state index contributed by atoms with van der Waals surface area (Å²) in [5.41, 5.74) is 20.8. The monoisotopic (exact) mass is 721 g/mol. The topological polar surface area (TPSA) is 186 Å². The SMILES string of the molecule is NCCCNCCCCNCCCNCc1cc(CNCCCNCCCCNCCCN)cc(CNCCCNCCCCNCCCN)c1. The molecule has 0 aliphatic carbocycles. The molecule has 1 aromatic carbocycles. The van der Waals surface area contributed by atoms with E-state index in [1.165, 1.54) is 55.2 Å². The molecule has 12 nitrogen and oxygen atoms in total. The third-order valence-corrected chi connectivity index (χ3v) is 8.77. The quantitative estimate of drug-likeness (QED) is 0.0432. The van der Waals surface area contributed by atoms with Gasteiger partial charge in [0.15, 0.2) is 0 Å². The fourth-order valence-corrected chi connectivity index (χ4v) is 5.79. The van der Waals surface area contributed by atoms with Gasteiger partial charge in [-0.1, -0.05) is 18.2 Å². The number of unbranched alkanes of at least 4 members (excludes halogenated alkanes) is 3.